The highest BCUT2D eigenvalue weighted by Gasteiger charge is 2.34. The summed E-state index contributed by atoms with van der Waals surface area (Å²) in [4.78, 5) is 30.3. The molecule has 0 aromatic carbocycles. The molecule has 122 valence electrons. The van der Waals surface area contributed by atoms with Gasteiger partial charge in [0.05, 0.1) is 25.1 Å². The van der Waals surface area contributed by atoms with Gasteiger partial charge in [-0.2, -0.15) is 5.10 Å². The van der Waals surface area contributed by atoms with Crippen LogP contribution < -0.4 is 0 Å². The number of carbonyl (C=O) groups is 2. The standard InChI is InChI=1S/C14H16N4O4S/c1-8-11(23-12(16-8)9-5-15-17(2)6-9)13(19)18-3-4-22-7-10(18)14(20)21/h5-6,10H,3-4,7H2,1-2H3,(H,20,21). The summed E-state index contributed by atoms with van der Waals surface area (Å²) in [6, 6.07) is -0.959. The first-order valence-electron chi connectivity index (χ1n) is 7.05. The third-order valence-electron chi connectivity index (χ3n) is 3.62. The van der Waals surface area contributed by atoms with Crippen molar-refractivity contribution in [2.45, 2.75) is 13.0 Å². The van der Waals surface area contributed by atoms with Gasteiger partial charge >= 0.3 is 5.97 Å². The fourth-order valence-corrected chi connectivity index (χ4v) is 3.43. The van der Waals surface area contributed by atoms with E-state index in [0.29, 0.717) is 22.2 Å². The number of aromatic nitrogens is 3. The molecule has 1 fully saturated rings. The van der Waals surface area contributed by atoms with Crippen LogP contribution in [-0.4, -0.2) is 62.4 Å². The number of hydrogen-bond donors (Lipinski definition) is 1. The van der Waals surface area contributed by atoms with Crippen molar-refractivity contribution in [2.75, 3.05) is 19.8 Å². The summed E-state index contributed by atoms with van der Waals surface area (Å²) in [7, 11) is 1.81. The Kier molecular flexibility index (Phi) is 4.14. The Hall–Kier alpha value is -2.26. The van der Waals surface area contributed by atoms with E-state index in [9.17, 15) is 14.7 Å². The minimum absolute atomic E-state index is 0.00832. The smallest absolute Gasteiger partial charge is 0.328 e. The number of amides is 1. The number of thiazole rings is 1. The van der Waals surface area contributed by atoms with Gasteiger partial charge in [0.15, 0.2) is 6.04 Å². The monoisotopic (exact) mass is 336 g/mol. The van der Waals surface area contributed by atoms with E-state index in [1.165, 1.54) is 16.2 Å². The number of morpholine rings is 1. The molecule has 0 saturated carbocycles. The SMILES string of the molecule is Cc1nc(-c2cnn(C)c2)sc1C(=O)N1CCOCC1C(=O)O. The molecule has 1 atom stereocenters. The van der Waals surface area contributed by atoms with E-state index >= 15 is 0 Å². The van der Waals surface area contributed by atoms with Gasteiger partial charge in [-0.15, -0.1) is 11.3 Å². The van der Waals surface area contributed by atoms with Gasteiger partial charge in [-0.05, 0) is 6.92 Å². The van der Waals surface area contributed by atoms with Gasteiger partial charge in [0.25, 0.3) is 5.91 Å². The summed E-state index contributed by atoms with van der Waals surface area (Å²) in [5, 5.41) is 14.1. The van der Waals surface area contributed by atoms with Crippen LogP contribution in [0.1, 0.15) is 15.4 Å². The van der Waals surface area contributed by atoms with E-state index in [1.54, 1.807) is 24.9 Å². The van der Waals surface area contributed by atoms with Gasteiger partial charge < -0.3 is 14.7 Å². The highest BCUT2D eigenvalue weighted by Crippen LogP contribution is 2.29. The second-order valence-electron chi connectivity index (χ2n) is 5.26. The maximum atomic E-state index is 12.7. The van der Waals surface area contributed by atoms with E-state index in [1.807, 2.05) is 6.20 Å². The number of ether oxygens (including phenoxy) is 1. The van der Waals surface area contributed by atoms with E-state index in [-0.39, 0.29) is 19.1 Å². The van der Waals surface area contributed by atoms with E-state index in [2.05, 4.69) is 10.1 Å². The molecule has 1 aliphatic heterocycles. The Morgan fingerprint density at radius 3 is 2.91 bits per heavy atom. The lowest BCUT2D eigenvalue weighted by molar-refractivity contribution is -0.147. The number of aryl methyl sites for hydroxylation is 2. The number of nitrogens with zero attached hydrogens (tertiary/aromatic N) is 4. The maximum Gasteiger partial charge on any atom is 0.328 e. The summed E-state index contributed by atoms with van der Waals surface area (Å²) < 4.78 is 6.83. The van der Waals surface area contributed by atoms with Gasteiger partial charge in [0.2, 0.25) is 0 Å². The van der Waals surface area contributed by atoms with Crippen molar-refractivity contribution in [1.82, 2.24) is 19.7 Å². The first kappa shape index (κ1) is 15.6. The summed E-state index contributed by atoms with van der Waals surface area (Å²) in [5.74, 6) is -1.38. The average Bonchev–Trinajstić information content (AvgIpc) is 3.12. The van der Waals surface area contributed by atoms with Gasteiger partial charge in [-0.3, -0.25) is 9.48 Å². The molecule has 0 spiro atoms. The Morgan fingerprint density at radius 1 is 1.48 bits per heavy atom. The molecule has 8 nitrogen and oxygen atoms in total. The first-order chi connectivity index (χ1) is 11.0. The number of carboxylic acids is 1. The van der Waals surface area contributed by atoms with Crippen molar-refractivity contribution in [3.05, 3.63) is 23.0 Å². The zero-order valence-electron chi connectivity index (χ0n) is 12.7. The second-order valence-corrected chi connectivity index (χ2v) is 6.26. The third-order valence-corrected chi connectivity index (χ3v) is 4.81. The quantitative estimate of drug-likeness (QED) is 0.889. The van der Waals surface area contributed by atoms with Crippen molar-refractivity contribution >= 4 is 23.2 Å². The highest BCUT2D eigenvalue weighted by molar-refractivity contribution is 7.17. The fraction of sp³-hybridized carbons (Fsp3) is 0.429. The van der Waals surface area contributed by atoms with Gasteiger partial charge in [0, 0.05) is 25.4 Å². The number of aliphatic carboxylic acids is 1. The Balaban J connectivity index is 1.90. The van der Waals surface area contributed by atoms with Crippen molar-refractivity contribution in [1.29, 1.82) is 0 Å². The average molecular weight is 336 g/mol. The van der Waals surface area contributed by atoms with Crippen molar-refractivity contribution in [2.24, 2.45) is 7.05 Å². The molecule has 0 radical (unpaired) electrons. The van der Waals surface area contributed by atoms with Crippen LogP contribution in [0, 0.1) is 6.92 Å². The van der Waals surface area contributed by atoms with E-state index in [4.69, 9.17) is 4.74 Å². The Morgan fingerprint density at radius 2 is 2.26 bits per heavy atom. The molecule has 3 rings (SSSR count). The van der Waals surface area contributed by atoms with Crippen LogP contribution in [0.2, 0.25) is 0 Å². The predicted molar refractivity (Wildman–Crippen MR) is 82.3 cm³/mol. The first-order valence-corrected chi connectivity index (χ1v) is 7.87. The lowest BCUT2D eigenvalue weighted by atomic mass is 10.2. The Bertz CT molecular complexity index is 754. The van der Waals surface area contributed by atoms with Gasteiger partial charge in [-0.1, -0.05) is 0 Å². The molecule has 3 heterocycles. The van der Waals surface area contributed by atoms with Crippen molar-refractivity contribution in [3.8, 4) is 10.6 Å². The van der Waals surface area contributed by atoms with Crippen LogP contribution >= 0.6 is 11.3 Å². The minimum atomic E-state index is -1.06. The molecular formula is C14H16N4O4S. The second kappa shape index (κ2) is 6.09. The van der Waals surface area contributed by atoms with Crippen LogP contribution in [-0.2, 0) is 16.6 Å². The number of carboxylic acid groups (broad SMARTS) is 1. The molecular weight excluding hydrogens is 320 g/mol. The molecule has 2 aromatic rings. The molecule has 9 heteroatoms. The molecule has 1 amide bonds. The molecule has 0 aliphatic carbocycles. The lowest BCUT2D eigenvalue weighted by Crippen LogP contribution is -2.52. The summed E-state index contributed by atoms with van der Waals surface area (Å²) in [6.45, 7) is 2.35. The lowest BCUT2D eigenvalue weighted by Gasteiger charge is -2.32. The molecule has 0 bridgehead atoms. The van der Waals surface area contributed by atoms with Crippen molar-refractivity contribution < 1.29 is 19.4 Å². The molecule has 1 N–H and O–H groups in total. The van der Waals surface area contributed by atoms with Gasteiger partial charge in [-0.25, -0.2) is 9.78 Å². The number of rotatable bonds is 3. The van der Waals surface area contributed by atoms with E-state index in [0.717, 1.165) is 5.56 Å². The number of hydrogen-bond acceptors (Lipinski definition) is 6. The maximum absolute atomic E-state index is 12.7. The van der Waals surface area contributed by atoms with Gasteiger partial charge in [0.1, 0.15) is 9.88 Å². The largest absolute Gasteiger partial charge is 0.480 e. The zero-order valence-corrected chi connectivity index (χ0v) is 13.5. The summed E-state index contributed by atoms with van der Waals surface area (Å²) in [6.07, 6.45) is 3.50. The zero-order chi connectivity index (χ0) is 16.6. The summed E-state index contributed by atoms with van der Waals surface area (Å²) >= 11 is 1.25. The van der Waals surface area contributed by atoms with Crippen LogP contribution in [0.5, 0.6) is 0 Å². The van der Waals surface area contributed by atoms with E-state index < -0.39 is 12.0 Å². The molecule has 1 aliphatic rings. The van der Waals surface area contributed by atoms with Crippen LogP contribution in [0.25, 0.3) is 10.6 Å². The third kappa shape index (κ3) is 2.97. The highest BCUT2D eigenvalue weighted by atomic mass is 32.1. The molecule has 23 heavy (non-hydrogen) atoms. The molecule has 1 unspecified atom stereocenters. The van der Waals surface area contributed by atoms with Crippen LogP contribution in [0.3, 0.4) is 0 Å². The minimum Gasteiger partial charge on any atom is -0.480 e. The van der Waals surface area contributed by atoms with Crippen LogP contribution in [0.4, 0.5) is 0 Å². The topological polar surface area (TPSA) is 97.5 Å². The van der Waals surface area contributed by atoms with Crippen molar-refractivity contribution in [3.63, 3.8) is 0 Å². The molecule has 1 saturated heterocycles. The normalized spacial score (nSPS) is 18.2. The van der Waals surface area contributed by atoms with Crippen LogP contribution in [0.15, 0.2) is 12.4 Å². The summed E-state index contributed by atoms with van der Waals surface area (Å²) in [5.41, 5.74) is 1.42. The number of carbonyl (C=O) groups excluding carboxylic acids is 1. The predicted octanol–water partition coefficient (Wildman–Crippen LogP) is 0.778. The Labute approximate surface area is 136 Å². The fourth-order valence-electron chi connectivity index (χ4n) is 2.43. The molecule has 2 aromatic heterocycles.